The third kappa shape index (κ3) is 4.43. The van der Waals surface area contributed by atoms with Gasteiger partial charge in [0.1, 0.15) is 5.82 Å². The standard InChI is InChI=1S/C26H36N6O/c1-18-15-21(31-11-4-5-12-31)9-8-20(18)16-30-14-10-22-23(17-30)28-26(29-25(22)27-3)24-7-6-13-32(24)19(2)33/h8-9,15,24H,4-7,10-14,16-17H2,1-3H3,(H,27,28,29)/t24-/m1/s1. The van der Waals surface area contributed by atoms with Gasteiger partial charge in [-0.3, -0.25) is 9.69 Å². The predicted octanol–water partition coefficient (Wildman–Crippen LogP) is 3.67. The molecule has 1 aromatic heterocycles. The molecule has 0 unspecified atom stereocenters. The molecule has 33 heavy (non-hydrogen) atoms. The molecule has 1 atom stereocenters. The average molecular weight is 449 g/mol. The molecule has 5 rings (SSSR count). The third-order valence-electron chi connectivity index (χ3n) is 7.54. The van der Waals surface area contributed by atoms with Crippen LogP contribution in [0.15, 0.2) is 18.2 Å². The number of nitrogens with one attached hydrogen (secondary N) is 1. The van der Waals surface area contributed by atoms with Crippen LogP contribution < -0.4 is 10.2 Å². The molecule has 2 aromatic rings. The molecule has 2 fully saturated rings. The minimum absolute atomic E-state index is 0.00403. The molecular weight excluding hydrogens is 412 g/mol. The number of carbonyl (C=O) groups excluding carboxylic acids is 1. The second-order valence-electron chi connectivity index (χ2n) is 9.74. The summed E-state index contributed by atoms with van der Waals surface area (Å²) in [5.74, 6) is 1.83. The van der Waals surface area contributed by atoms with Crippen molar-refractivity contribution in [2.75, 3.05) is 43.4 Å². The van der Waals surface area contributed by atoms with Crippen molar-refractivity contribution in [1.29, 1.82) is 0 Å². The van der Waals surface area contributed by atoms with Crippen molar-refractivity contribution in [3.8, 4) is 0 Å². The van der Waals surface area contributed by atoms with Gasteiger partial charge >= 0.3 is 0 Å². The number of hydrogen-bond acceptors (Lipinski definition) is 6. The number of hydrogen-bond donors (Lipinski definition) is 1. The Hall–Kier alpha value is -2.67. The first-order chi connectivity index (χ1) is 16.0. The topological polar surface area (TPSA) is 64.6 Å². The lowest BCUT2D eigenvalue weighted by Gasteiger charge is -2.31. The molecule has 0 spiro atoms. The molecule has 0 bridgehead atoms. The summed E-state index contributed by atoms with van der Waals surface area (Å²) in [5.41, 5.74) is 6.46. The molecular formula is C26H36N6O. The number of carbonyl (C=O) groups is 1. The lowest BCUT2D eigenvalue weighted by molar-refractivity contribution is -0.129. The maximum absolute atomic E-state index is 12.1. The maximum atomic E-state index is 12.1. The monoisotopic (exact) mass is 448 g/mol. The average Bonchev–Trinajstić information content (AvgIpc) is 3.52. The SMILES string of the molecule is CNc1nc([C@H]2CCCN2C(C)=O)nc2c1CCN(Cc1ccc(N3CCCC3)cc1C)C2. The van der Waals surface area contributed by atoms with Crippen molar-refractivity contribution in [3.05, 3.63) is 46.4 Å². The van der Waals surface area contributed by atoms with Gasteiger partial charge in [-0.05, 0) is 62.3 Å². The molecule has 7 nitrogen and oxygen atoms in total. The van der Waals surface area contributed by atoms with Crippen LogP contribution in [0.2, 0.25) is 0 Å². The summed E-state index contributed by atoms with van der Waals surface area (Å²) in [7, 11) is 1.93. The van der Waals surface area contributed by atoms with Crippen molar-refractivity contribution in [3.63, 3.8) is 0 Å². The van der Waals surface area contributed by atoms with Crippen molar-refractivity contribution in [2.24, 2.45) is 0 Å². The zero-order valence-corrected chi connectivity index (χ0v) is 20.2. The van der Waals surface area contributed by atoms with Gasteiger partial charge < -0.3 is 15.1 Å². The number of benzene rings is 1. The van der Waals surface area contributed by atoms with Gasteiger partial charge in [-0.15, -0.1) is 0 Å². The number of anilines is 2. The number of aromatic nitrogens is 2. The summed E-state index contributed by atoms with van der Waals surface area (Å²) < 4.78 is 0. The van der Waals surface area contributed by atoms with Crippen LogP contribution in [0, 0.1) is 6.92 Å². The molecule has 3 aliphatic heterocycles. The van der Waals surface area contributed by atoms with Crippen LogP contribution in [0.5, 0.6) is 0 Å². The van der Waals surface area contributed by atoms with Gasteiger partial charge in [-0.2, -0.15) is 0 Å². The van der Waals surface area contributed by atoms with E-state index in [-0.39, 0.29) is 11.9 Å². The van der Waals surface area contributed by atoms with Crippen LogP contribution in [0.25, 0.3) is 0 Å². The zero-order chi connectivity index (χ0) is 22.9. The lowest BCUT2D eigenvalue weighted by Crippen LogP contribution is -2.34. The van der Waals surface area contributed by atoms with Gasteiger partial charge in [0, 0.05) is 64.5 Å². The maximum Gasteiger partial charge on any atom is 0.220 e. The quantitative estimate of drug-likeness (QED) is 0.753. The van der Waals surface area contributed by atoms with Gasteiger partial charge in [-0.25, -0.2) is 9.97 Å². The fraction of sp³-hybridized carbons (Fsp3) is 0.577. The molecule has 7 heteroatoms. The number of fused-ring (bicyclic) bond motifs is 1. The summed E-state index contributed by atoms with van der Waals surface area (Å²) in [4.78, 5) is 28.9. The van der Waals surface area contributed by atoms with E-state index in [0.717, 1.165) is 62.8 Å². The number of nitrogens with zero attached hydrogens (tertiary/aromatic N) is 5. The van der Waals surface area contributed by atoms with E-state index in [1.54, 1.807) is 6.92 Å². The highest BCUT2D eigenvalue weighted by molar-refractivity contribution is 5.74. The van der Waals surface area contributed by atoms with E-state index in [1.165, 1.54) is 48.3 Å². The Labute approximate surface area is 197 Å². The second-order valence-corrected chi connectivity index (χ2v) is 9.74. The van der Waals surface area contributed by atoms with Crippen LogP contribution in [-0.2, 0) is 24.3 Å². The van der Waals surface area contributed by atoms with E-state index >= 15 is 0 Å². The summed E-state index contributed by atoms with van der Waals surface area (Å²) in [6.07, 6.45) is 5.50. The molecule has 1 amide bonds. The van der Waals surface area contributed by atoms with E-state index in [1.807, 2.05) is 11.9 Å². The summed E-state index contributed by atoms with van der Waals surface area (Å²) in [5, 5.41) is 3.29. The fourth-order valence-electron chi connectivity index (χ4n) is 5.68. The van der Waals surface area contributed by atoms with E-state index in [9.17, 15) is 4.79 Å². The van der Waals surface area contributed by atoms with Crippen molar-refractivity contribution in [1.82, 2.24) is 19.8 Å². The fourth-order valence-corrected chi connectivity index (χ4v) is 5.68. The Morgan fingerprint density at radius 1 is 1.12 bits per heavy atom. The number of rotatable bonds is 5. The van der Waals surface area contributed by atoms with Crippen LogP contribution in [0.1, 0.15) is 66.9 Å². The van der Waals surface area contributed by atoms with Gasteiger partial charge in [0.05, 0.1) is 11.7 Å². The highest BCUT2D eigenvalue weighted by Crippen LogP contribution is 2.33. The Morgan fingerprint density at radius 2 is 1.94 bits per heavy atom. The largest absolute Gasteiger partial charge is 0.373 e. The smallest absolute Gasteiger partial charge is 0.220 e. The summed E-state index contributed by atoms with van der Waals surface area (Å²) in [6, 6.07) is 6.96. The number of likely N-dealkylation sites (tertiary alicyclic amines) is 1. The van der Waals surface area contributed by atoms with Crippen molar-refractivity contribution >= 4 is 17.4 Å². The van der Waals surface area contributed by atoms with Crippen molar-refractivity contribution < 1.29 is 4.79 Å². The number of aryl methyl sites for hydroxylation is 1. The van der Waals surface area contributed by atoms with Crippen LogP contribution in [0.4, 0.5) is 11.5 Å². The lowest BCUT2D eigenvalue weighted by atomic mass is 10.0. The molecule has 0 aliphatic carbocycles. The minimum Gasteiger partial charge on any atom is -0.373 e. The molecule has 4 heterocycles. The van der Waals surface area contributed by atoms with Gasteiger partial charge in [-0.1, -0.05) is 6.07 Å². The third-order valence-corrected chi connectivity index (χ3v) is 7.54. The number of amides is 1. The second kappa shape index (κ2) is 9.29. The first-order valence-corrected chi connectivity index (χ1v) is 12.4. The summed E-state index contributed by atoms with van der Waals surface area (Å²) in [6.45, 7) is 9.80. The Morgan fingerprint density at radius 3 is 2.67 bits per heavy atom. The Balaban J connectivity index is 1.35. The molecule has 1 N–H and O–H groups in total. The molecule has 2 saturated heterocycles. The van der Waals surface area contributed by atoms with Crippen molar-refractivity contribution in [2.45, 2.75) is 65.1 Å². The summed E-state index contributed by atoms with van der Waals surface area (Å²) >= 11 is 0. The predicted molar refractivity (Wildman–Crippen MR) is 131 cm³/mol. The molecule has 0 saturated carbocycles. The van der Waals surface area contributed by atoms with Gasteiger partial charge in [0.15, 0.2) is 5.82 Å². The molecule has 3 aliphatic rings. The molecule has 0 radical (unpaired) electrons. The van der Waals surface area contributed by atoms with E-state index in [2.05, 4.69) is 40.2 Å². The minimum atomic E-state index is -0.00403. The van der Waals surface area contributed by atoms with Gasteiger partial charge in [0.2, 0.25) is 5.91 Å². The molecule has 176 valence electrons. The van der Waals surface area contributed by atoms with Crippen LogP contribution in [0.3, 0.4) is 0 Å². The van der Waals surface area contributed by atoms with E-state index in [0.29, 0.717) is 0 Å². The highest BCUT2D eigenvalue weighted by atomic mass is 16.2. The van der Waals surface area contributed by atoms with Crippen LogP contribution in [-0.4, -0.2) is 58.9 Å². The normalized spacial score (nSPS) is 20.9. The van der Waals surface area contributed by atoms with E-state index < -0.39 is 0 Å². The first-order valence-electron chi connectivity index (χ1n) is 12.4. The van der Waals surface area contributed by atoms with Crippen LogP contribution >= 0.6 is 0 Å². The first kappa shape index (κ1) is 22.1. The van der Waals surface area contributed by atoms with E-state index in [4.69, 9.17) is 9.97 Å². The Kier molecular flexibility index (Phi) is 6.23. The Bertz CT molecular complexity index is 1030. The molecule has 1 aromatic carbocycles. The zero-order valence-electron chi connectivity index (χ0n) is 20.2. The highest BCUT2D eigenvalue weighted by Gasteiger charge is 2.32. The van der Waals surface area contributed by atoms with Gasteiger partial charge in [0.25, 0.3) is 0 Å².